The molecule has 7 heteroatoms. The summed E-state index contributed by atoms with van der Waals surface area (Å²) in [4.78, 5) is 20.7. The van der Waals surface area contributed by atoms with Gasteiger partial charge in [0.1, 0.15) is 0 Å². The quantitative estimate of drug-likeness (QED) is 0.409. The monoisotopic (exact) mass is 372 g/mol. The van der Waals surface area contributed by atoms with E-state index in [1.165, 1.54) is 6.42 Å². The molecule has 0 radical (unpaired) electrons. The summed E-state index contributed by atoms with van der Waals surface area (Å²) in [6.07, 6.45) is 2.12. The van der Waals surface area contributed by atoms with Crippen molar-refractivity contribution in [3.63, 3.8) is 0 Å². The van der Waals surface area contributed by atoms with E-state index < -0.39 is 17.4 Å². The molecule has 1 aliphatic rings. The summed E-state index contributed by atoms with van der Waals surface area (Å²) in [6.45, 7) is 0. The molecule has 0 aromatic rings. The Hall–Kier alpha value is -0.452. The maximum atomic E-state index is 10.3. The summed E-state index contributed by atoms with van der Waals surface area (Å²) in [5.41, 5.74) is -1.57. The first-order chi connectivity index (χ1) is 4.59. The van der Waals surface area contributed by atoms with Crippen molar-refractivity contribution < 1.29 is 40.9 Å². The fraction of sp³-hybridized carbons (Fsp3) is 0.500. The second-order valence-electron chi connectivity index (χ2n) is 2.32. The van der Waals surface area contributed by atoms with Gasteiger partial charge in [-0.25, -0.2) is 0 Å². The summed E-state index contributed by atoms with van der Waals surface area (Å²) < 4.78 is 0. The second-order valence-corrected chi connectivity index (χ2v) is 2.32. The molecule has 0 amide bonds. The fourth-order valence-corrected chi connectivity index (χ4v) is 0.913. The maximum Gasteiger partial charge on any atom is 0.290 e. The Balaban J connectivity index is -0.000000333. The minimum atomic E-state index is -1.57. The molecule has 1 saturated carbocycles. The number of carboxylic acids is 2. The summed E-state index contributed by atoms with van der Waals surface area (Å²) in [5.74, 6) is -2.52. The summed E-state index contributed by atoms with van der Waals surface area (Å²) in [5, 5.41) is 16.9. The molecule has 0 bridgehead atoms. The van der Waals surface area contributed by atoms with Crippen molar-refractivity contribution in [2.75, 3.05) is 0 Å². The Morgan fingerprint density at radius 1 is 1.15 bits per heavy atom. The van der Waals surface area contributed by atoms with Gasteiger partial charge in [0.05, 0.1) is 0 Å². The first-order valence-electron chi connectivity index (χ1n) is 2.91. The van der Waals surface area contributed by atoms with Crippen LogP contribution >= 0.6 is 0 Å². The normalized spacial score (nSPS) is 16.3. The molecule has 0 aromatic heterocycles. The van der Waals surface area contributed by atoms with Crippen LogP contribution < -0.4 is 12.3 Å². The van der Waals surface area contributed by atoms with Crippen LogP contribution in [0.25, 0.3) is 0 Å². The third-order valence-corrected chi connectivity index (χ3v) is 1.79. The number of carboxylic acid groups (broad SMARTS) is 2. The predicted octanol–water partition coefficient (Wildman–Crippen LogP) is 0.462. The Labute approximate surface area is 90.1 Å². The van der Waals surface area contributed by atoms with Gasteiger partial charge in [-0.15, -0.1) is 0 Å². The van der Waals surface area contributed by atoms with Crippen molar-refractivity contribution in [1.29, 1.82) is 0 Å². The van der Waals surface area contributed by atoms with E-state index in [2.05, 4.69) is 0 Å². The minimum Gasteiger partial charge on any atom is -0.482 e. The van der Waals surface area contributed by atoms with E-state index in [9.17, 15) is 9.59 Å². The standard InChI is InChI=1S/C6H7O4.2H3N.Pt/c7-4(8)6(5(9)10)2-1-3-6;;;/h2H,1,3H2,(H,7,8)(H,9,10);2*1H3;/q-1;;;. The van der Waals surface area contributed by atoms with Crippen molar-refractivity contribution in [2.45, 2.75) is 12.8 Å². The summed E-state index contributed by atoms with van der Waals surface area (Å²) >= 11 is 0. The van der Waals surface area contributed by atoms with Crippen LogP contribution in [0.15, 0.2) is 0 Å². The van der Waals surface area contributed by atoms with Crippen LogP contribution in [0, 0.1) is 11.8 Å². The van der Waals surface area contributed by atoms with Crippen LogP contribution in [0.2, 0.25) is 0 Å². The summed E-state index contributed by atoms with van der Waals surface area (Å²) in [7, 11) is 0. The van der Waals surface area contributed by atoms with E-state index in [1.54, 1.807) is 0 Å². The van der Waals surface area contributed by atoms with Gasteiger partial charge in [-0.3, -0.25) is 9.59 Å². The van der Waals surface area contributed by atoms with Gasteiger partial charge in [-0.1, -0.05) is 6.42 Å². The predicted molar refractivity (Wildman–Crippen MR) is 41.3 cm³/mol. The molecule has 0 spiro atoms. The van der Waals surface area contributed by atoms with E-state index in [4.69, 9.17) is 10.2 Å². The largest absolute Gasteiger partial charge is 0.482 e. The molecule has 13 heavy (non-hydrogen) atoms. The van der Waals surface area contributed by atoms with Gasteiger partial charge < -0.3 is 28.9 Å². The molecule has 0 heterocycles. The van der Waals surface area contributed by atoms with E-state index >= 15 is 0 Å². The maximum absolute atomic E-state index is 10.3. The van der Waals surface area contributed by atoms with Crippen molar-refractivity contribution in [3.05, 3.63) is 6.42 Å². The first kappa shape index (κ1) is 18.4. The van der Waals surface area contributed by atoms with Crippen LogP contribution in [0.5, 0.6) is 0 Å². The van der Waals surface area contributed by atoms with Crippen LogP contribution in [0.1, 0.15) is 12.8 Å². The molecule has 0 saturated heterocycles. The van der Waals surface area contributed by atoms with E-state index in [1.807, 2.05) is 0 Å². The van der Waals surface area contributed by atoms with Gasteiger partial charge in [0.25, 0.3) is 11.9 Å². The van der Waals surface area contributed by atoms with Crippen LogP contribution in [-0.2, 0) is 30.7 Å². The zero-order valence-corrected chi connectivity index (χ0v) is 9.21. The van der Waals surface area contributed by atoms with E-state index in [0.29, 0.717) is 6.42 Å². The minimum absolute atomic E-state index is 0. The number of rotatable bonds is 2. The topological polar surface area (TPSA) is 145 Å². The van der Waals surface area contributed by atoms with Gasteiger partial charge in [-0.2, -0.15) is 6.42 Å². The van der Waals surface area contributed by atoms with Crippen molar-refractivity contribution >= 4 is 11.9 Å². The summed E-state index contributed by atoms with van der Waals surface area (Å²) in [6, 6.07) is 0. The van der Waals surface area contributed by atoms with Crippen LogP contribution in [-0.4, -0.2) is 22.2 Å². The number of hydrogen-bond acceptors (Lipinski definition) is 4. The van der Waals surface area contributed by atoms with Gasteiger partial charge >= 0.3 is 0 Å². The Morgan fingerprint density at radius 3 is 1.46 bits per heavy atom. The van der Waals surface area contributed by atoms with Crippen molar-refractivity contribution in [1.82, 2.24) is 12.3 Å². The Kier molecular flexibility index (Phi) is 8.57. The SMILES string of the molecule is N.N.O=C(O)C1(C(=O)O)[CH-]CC1.[Pt]. The Morgan fingerprint density at radius 2 is 1.46 bits per heavy atom. The van der Waals surface area contributed by atoms with Gasteiger partial charge in [-0.05, 0) is 0 Å². The molecule has 0 atom stereocenters. The molecule has 0 aromatic carbocycles. The third-order valence-electron chi connectivity index (χ3n) is 1.79. The van der Waals surface area contributed by atoms with Crippen LogP contribution in [0.3, 0.4) is 0 Å². The number of hydrogen-bond donors (Lipinski definition) is 4. The molecular formula is C6H13N2O4Pt-. The zero-order valence-electron chi connectivity index (χ0n) is 6.93. The molecule has 0 aliphatic heterocycles. The Bertz CT molecular complexity index is 177. The molecular weight excluding hydrogens is 359 g/mol. The first-order valence-corrected chi connectivity index (χ1v) is 2.91. The van der Waals surface area contributed by atoms with Crippen molar-refractivity contribution in [2.24, 2.45) is 5.41 Å². The fourth-order valence-electron chi connectivity index (χ4n) is 0.913. The van der Waals surface area contributed by atoms with Gasteiger partial charge in [0, 0.05) is 26.5 Å². The van der Waals surface area contributed by atoms with Crippen molar-refractivity contribution in [3.8, 4) is 0 Å². The van der Waals surface area contributed by atoms with Gasteiger partial charge in [0.15, 0.2) is 0 Å². The van der Waals surface area contributed by atoms with E-state index in [0.717, 1.165) is 0 Å². The number of carbonyl (C=O) groups is 2. The molecule has 8 N–H and O–H groups in total. The zero-order chi connectivity index (χ0) is 7.78. The molecule has 1 rings (SSSR count). The molecule has 1 aliphatic carbocycles. The second kappa shape index (κ2) is 6.07. The third kappa shape index (κ3) is 2.76. The van der Waals surface area contributed by atoms with Crippen LogP contribution in [0.4, 0.5) is 0 Å². The average molecular weight is 372 g/mol. The van der Waals surface area contributed by atoms with Gasteiger partial charge in [0.2, 0.25) is 0 Å². The molecule has 1 fully saturated rings. The smallest absolute Gasteiger partial charge is 0.290 e. The molecule has 0 unspecified atom stereocenters. The average Bonchev–Trinajstić information content (AvgIpc) is 1.57. The molecule has 82 valence electrons. The number of aliphatic carboxylic acids is 2. The molecule has 6 nitrogen and oxygen atoms in total. The van der Waals surface area contributed by atoms with E-state index in [-0.39, 0.29) is 39.8 Å².